The second-order valence-corrected chi connectivity index (χ2v) is 3.64. The zero-order chi connectivity index (χ0) is 9.42. The van der Waals surface area contributed by atoms with E-state index in [1.807, 2.05) is 25.1 Å². The van der Waals surface area contributed by atoms with Crippen molar-refractivity contribution in [3.63, 3.8) is 0 Å². The normalized spacial score (nSPS) is 10.6. The number of nitrogens with zero attached hydrogens (tertiary/aromatic N) is 2. The van der Waals surface area contributed by atoms with Crippen LogP contribution >= 0.6 is 15.9 Å². The molecule has 4 heteroatoms. The molecule has 0 aliphatic heterocycles. The van der Waals surface area contributed by atoms with Gasteiger partial charge in [0.25, 0.3) is 0 Å². The van der Waals surface area contributed by atoms with Crippen molar-refractivity contribution in [2.45, 2.75) is 6.92 Å². The van der Waals surface area contributed by atoms with Crippen LogP contribution in [0, 0.1) is 6.92 Å². The van der Waals surface area contributed by atoms with Crippen LogP contribution in [0.3, 0.4) is 0 Å². The number of halogens is 1. The van der Waals surface area contributed by atoms with Crippen LogP contribution in [0.5, 0.6) is 0 Å². The third-order valence-electron chi connectivity index (χ3n) is 1.82. The number of anilines is 1. The van der Waals surface area contributed by atoms with Gasteiger partial charge in [-0.25, -0.2) is 9.97 Å². The maximum atomic E-state index is 5.52. The fourth-order valence-electron chi connectivity index (χ4n) is 1.22. The van der Waals surface area contributed by atoms with Gasteiger partial charge in [0, 0.05) is 5.39 Å². The van der Waals surface area contributed by atoms with Gasteiger partial charge >= 0.3 is 0 Å². The molecule has 0 aliphatic rings. The molecule has 2 N–H and O–H groups in total. The number of aromatic nitrogens is 2. The number of rotatable bonds is 0. The highest BCUT2D eigenvalue weighted by molar-refractivity contribution is 9.10. The van der Waals surface area contributed by atoms with Crippen molar-refractivity contribution in [2.24, 2.45) is 0 Å². The summed E-state index contributed by atoms with van der Waals surface area (Å²) in [7, 11) is 0. The first-order valence-electron chi connectivity index (χ1n) is 3.86. The van der Waals surface area contributed by atoms with Gasteiger partial charge in [-0.2, -0.15) is 0 Å². The second-order valence-electron chi connectivity index (χ2n) is 2.89. The summed E-state index contributed by atoms with van der Waals surface area (Å²) >= 11 is 3.34. The largest absolute Gasteiger partial charge is 0.368 e. The summed E-state index contributed by atoms with van der Waals surface area (Å²) in [5.41, 5.74) is 7.56. The van der Waals surface area contributed by atoms with Crippen molar-refractivity contribution in [1.29, 1.82) is 0 Å². The second kappa shape index (κ2) is 2.96. The highest BCUT2D eigenvalue weighted by Gasteiger charge is 2.02. The molecule has 0 radical (unpaired) electrons. The standard InChI is InChI=1S/C9H8BrN3/c1-5-2-3-6-7(4-5)12-9(11)13-8(6)10/h2-4H,1H3,(H2,11,12,13). The van der Waals surface area contributed by atoms with E-state index in [0.29, 0.717) is 5.95 Å². The van der Waals surface area contributed by atoms with Crippen LogP contribution < -0.4 is 5.73 Å². The zero-order valence-electron chi connectivity index (χ0n) is 7.08. The molecule has 2 aromatic rings. The lowest BCUT2D eigenvalue weighted by molar-refractivity contribution is 1.21. The summed E-state index contributed by atoms with van der Waals surface area (Å²) < 4.78 is 0.745. The van der Waals surface area contributed by atoms with Gasteiger partial charge in [-0.3, -0.25) is 0 Å². The summed E-state index contributed by atoms with van der Waals surface area (Å²) in [5.74, 6) is 0.296. The van der Waals surface area contributed by atoms with Crippen molar-refractivity contribution in [1.82, 2.24) is 9.97 Å². The molecule has 1 heterocycles. The molecular formula is C9H8BrN3. The minimum absolute atomic E-state index is 0.296. The number of aryl methyl sites for hydroxylation is 1. The first-order chi connectivity index (χ1) is 6.16. The lowest BCUT2D eigenvalue weighted by Crippen LogP contribution is -1.95. The Labute approximate surface area is 84.1 Å². The monoisotopic (exact) mass is 237 g/mol. The van der Waals surface area contributed by atoms with Crippen LogP contribution in [-0.4, -0.2) is 9.97 Å². The van der Waals surface area contributed by atoms with E-state index < -0.39 is 0 Å². The lowest BCUT2D eigenvalue weighted by atomic mass is 10.2. The van der Waals surface area contributed by atoms with E-state index in [-0.39, 0.29) is 0 Å². The SMILES string of the molecule is Cc1ccc2c(Br)nc(N)nc2c1. The molecule has 66 valence electrons. The fourth-order valence-corrected chi connectivity index (χ4v) is 1.73. The van der Waals surface area contributed by atoms with Crippen molar-refractivity contribution < 1.29 is 0 Å². The Morgan fingerprint density at radius 1 is 1.31 bits per heavy atom. The Balaban J connectivity index is 2.86. The van der Waals surface area contributed by atoms with Crippen LogP contribution in [-0.2, 0) is 0 Å². The summed E-state index contributed by atoms with van der Waals surface area (Å²) in [6.45, 7) is 2.02. The average Bonchev–Trinajstić information content (AvgIpc) is 2.02. The molecule has 0 unspecified atom stereocenters. The van der Waals surface area contributed by atoms with Gasteiger partial charge in [0.2, 0.25) is 5.95 Å². The van der Waals surface area contributed by atoms with Gasteiger partial charge in [-0.1, -0.05) is 6.07 Å². The first-order valence-corrected chi connectivity index (χ1v) is 4.65. The Kier molecular flexibility index (Phi) is 1.92. The molecule has 0 bridgehead atoms. The van der Waals surface area contributed by atoms with E-state index >= 15 is 0 Å². The van der Waals surface area contributed by atoms with Gasteiger partial charge in [0.1, 0.15) is 4.60 Å². The van der Waals surface area contributed by atoms with Gasteiger partial charge in [0.05, 0.1) is 5.52 Å². The maximum Gasteiger partial charge on any atom is 0.221 e. The number of hydrogen-bond donors (Lipinski definition) is 1. The predicted octanol–water partition coefficient (Wildman–Crippen LogP) is 2.28. The number of nitrogen functional groups attached to an aromatic ring is 1. The Hall–Kier alpha value is -1.16. The molecule has 1 aromatic heterocycles. The summed E-state index contributed by atoms with van der Waals surface area (Å²) in [6, 6.07) is 5.99. The minimum atomic E-state index is 0.296. The molecule has 0 atom stereocenters. The Morgan fingerprint density at radius 3 is 2.85 bits per heavy atom. The van der Waals surface area contributed by atoms with Crippen molar-refractivity contribution in [2.75, 3.05) is 5.73 Å². The molecule has 0 amide bonds. The van der Waals surface area contributed by atoms with E-state index in [0.717, 1.165) is 21.1 Å². The quantitative estimate of drug-likeness (QED) is 0.716. The summed E-state index contributed by atoms with van der Waals surface area (Å²) in [5, 5.41) is 0.986. The van der Waals surface area contributed by atoms with Crippen LogP contribution in [0.25, 0.3) is 10.9 Å². The van der Waals surface area contributed by atoms with E-state index in [9.17, 15) is 0 Å². The molecule has 3 nitrogen and oxygen atoms in total. The van der Waals surface area contributed by atoms with Crippen molar-refractivity contribution >= 4 is 32.8 Å². The van der Waals surface area contributed by atoms with Gasteiger partial charge in [-0.15, -0.1) is 0 Å². The van der Waals surface area contributed by atoms with Crippen molar-refractivity contribution in [3.8, 4) is 0 Å². The molecule has 0 saturated carbocycles. The summed E-state index contributed by atoms with van der Waals surface area (Å²) in [4.78, 5) is 8.15. The van der Waals surface area contributed by atoms with Gasteiger partial charge in [0.15, 0.2) is 0 Å². The van der Waals surface area contributed by atoms with E-state index in [4.69, 9.17) is 5.73 Å². The third-order valence-corrected chi connectivity index (χ3v) is 2.43. The van der Waals surface area contributed by atoms with Crippen LogP contribution in [0.1, 0.15) is 5.56 Å². The number of fused-ring (bicyclic) bond motifs is 1. The molecule has 0 saturated heterocycles. The van der Waals surface area contributed by atoms with E-state index in [1.165, 1.54) is 0 Å². The van der Waals surface area contributed by atoms with E-state index in [1.54, 1.807) is 0 Å². The molecule has 0 aliphatic carbocycles. The molecule has 0 spiro atoms. The predicted molar refractivity (Wildman–Crippen MR) is 56.4 cm³/mol. The topological polar surface area (TPSA) is 51.8 Å². The molecular weight excluding hydrogens is 230 g/mol. The minimum Gasteiger partial charge on any atom is -0.368 e. The molecule has 2 rings (SSSR count). The highest BCUT2D eigenvalue weighted by Crippen LogP contribution is 2.22. The Morgan fingerprint density at radius 2 is 2.08 bits per heavy atom. The Bertz CT molecular complexity index is 462. The first kappa shape index (κ1) is 8.44. The van der Waals surface area contributed by atoms with Gasteiger partial charge in [-0.05, 0) is 40.5 Å². The van der Waals surface area contributed by atoms with Gasteiger partial charge < -0.3 is 5.73 Å². The molecule has 0 fully saturated rings. The van der Waals surface area contributed by atoms with E-state index in [2.05, 4.69) is 25.9 Å². The molecule has 1 aromatic carbocycles. The van der Waals surface area contributed by atoms with Crippen LogP contribution in [0.2, 0.25) is 0 Å². The highest BCUT2D eigenvalue weighted by atomic mass is 79.9. The maximum absolute atomic E-state index is 5.52. The number of hydrogen-bond acceptors (Lipinski definition) is 3. The number of benzene rings is 1. The van der Waals surface area contributed by atoms with Crippen LogP contribution in [0.4, 0.5) is 5.95 Å². The smallest absolute Gasteiger partial charge is 0.221 e. The lowest BCUT2D eigenvalue weighted by Gasteiger charge is -2.01. The average molecular weight is 238 g/mol. The van der Waals surface area contributed by atoms with Crippen molar-refractivity contribution in [3.05, 3.63) is 28.4 Å². The molecule has 13 heavy (non-hydrogen) atoms. The number of nitrogens with two attached hydrogens (primary N) is 1. The third kappa shape index (κ3) is 1.49. The zero-order valence-corrected chi connectivity index (χ0v) is 8.67. The van der Waals surface area contributed by atoms with Crippen LogP contribution in [0.15, 0.2) is 22.8 Å². The fraction of sp³-hybridized carbons (Fsp3) is 0.111. The summed E-state index contributed by atoms with van der Waals surface area (Å²) in [6.07, 6.45) is 0.